The van der Waals surface area contributed by atoms with Gasteiger partial charge in [0.25, 0.3) is 5.91 Å². The van der Waals surface area contributed by atoms with E-state index in [4.69, 9.17) is 10.2 Å². The number of aliphatic hydroxyl groups excluding tert-OH is 1. The SMILES string of the molecule is Cc1ccccc1-c1nn(-c2ccccc2)cc1C(=O)N1CCN(CCO)CC1. The Morgan fingerprint density at radius 3 is 2.38 bits per heavy atom. The molecule has 0 aliphatic carbocycles. The highest BCUT2D eigenvalue weighted by Gasteiger charge is 2.26. The van der Waals surface area contributed by atoms with Crippen molar-refractivity contribution in [1.29, 1.82) is 0 Å². The number of aromatic nitrogens is 2. The van der Waals surface area contributed by atoms with Crippen LogP contribution in [0.4, 0.5) is 0 Å². The molecule has 2 aromatic carbocycles. The normalized spacial score (nSPS) is 14.9. The molecular weight excluding hydrogens is 364 g/mol. The second-order valence-corrected chi connectivity index (χ2v) is 7.34. The lowest BCUT2D eigenvalue weighted by atomic mass is 10.0. The number of para-hydroxylation sites is 1. The Labute approximate surface area is 171 Å². The molecule has 1 fully saturated rings. The molecule has 150 valence electrons. The number of nitrogens with zero attached hydrogens (tertiary/aromatic N) is 4. The van der Waals surface area contributed by atoms with E-state index in [2.05, 4.69) is 4.90 Å². The van der Waals surface area contributed by atoms with Crippen molar-refractivity contribution in [2.24, 2.45) is 0 Å². The number of β-amino-alcohol motifs (C(OH)–C–C–N with tert-alkyl or cyclic N) is 1. The number of rotatable bonds is 5. The third kappa shape index (κ3) is 4.09. The first-order valence-electron chi connectivity index (χ1n) is 10.0. The fraction of sp³-hybridized carbons (Fsp3) is 0.304. The molecule has 0 bridgehead atoms. The Morgan fingerprint density at radius 1 is 1.00 bits per heavy atom. The minimum Gasteiger partial charge on any atom is -0.395 e. The minimum atomic E-state index is 0.00841. The van der Waals surface area contributed by atoms with Crippen LogP contribution in [0.1, 0.15) is 15.9 Å². The average molecular weight is 390 g/mol. The predicted octanol–water partition coefficient (Wildman–Crippen LogP) is 2.60. The van der Waals surface area contributed by atoms with Gasteiger partial charge in [-0.25, -0.2) is 4.68 Å². The van der Waals surface area contributed by atoms with Crippen molar-refractivity contribution in [3.63, 3.8) is 0 Å². The fourth-order valence-corrected chi connectivity index (χ4v) is 3.77. The van der Waals surface area contributed by atoms with Gasteiger partial charge in [0, 0.05) is 44.5 Å². The zero-order chi connectivity index (χ0) is 20.2. The van der Waals surface area contributed by atoms with E-state index in [1.165, 1.54) is 0 Å². The van der Waals surface area contributed by atoms with Gasteiger partial charge in [-0.2, -0.15) is 5.10 Å². The molecule has 29 heavy (non-hydrogen) atoms. The van der Waals surface area contributed by atoms with Crippen LogP contribution in [0.25, 0.3) is 16.9 Å². The molecule has 6 nitrogen and oxygen atoms in total. The van der Waals surface area contributed by atoms with Crippen molar-refractivity contribution in [2.45, 2.75) is 6.92 Å². The summed E-state index contributed by atoms with van der Waals surface area (Å²) in [7, 11) is 0. The largest absolute Gasteiger partial charge is 0.395 e. The van der Waals surface area contributed by atoms with Crippen LogP contribution in [0.15, 0.2) is 60.8 Å². The molecule has 2 heterocycles. The zero-order valence-electron chi connectivity index (χ0n) is 16.7. The number of aliphatic hydroxyl groups is 1. The fourth-order valence-electron chi connectivity index (χ4n) is 3.77. The van der Waals surface area contributed by atoms with Gasteiger partial charge in [0.1, 0.15) is 5.69 Å². The van der Waals surface area contributed by atoms with Gasteiger partial charge in [-0.1, -0.05) is 42.5 Å². The summed E-state index contributed by atoms with van der Waals surface area (Å²) in [6.07, 6.45) is 1.85. The highest BCUT2D eigenvalue weighted by atomic mass is 16.3. The molecule has 1 N–H and O–H groups in total. The summed E-state index contributed by atoms with van der Waals surface area (Å²) in [4.78, 5) is 17.5. The van der Waals surface area contributed by atoms with E-state index in [-0.39, 0.29) is 12.5 Å². The van der Waals surface area contributed by atoms with Crippen molar-refractivity contribution in [3.8, 4) is 16.9 Å². The Kier molecular flexibility index (Phi) is 5.74. The number of hydrogen-bond donors (Lipinski definition) is 1. The van der Waals surface area contributed by atoms with Gasteiger partial charge < -0.3 is 10.0 Å². The molecule has 1 saturated heterocycles. The summed E-state index contributed by atoms with van der Waals surface area (Å²) in [6.45, 7) is 5.71. The Morgan fingerprint density at radius 2 is 1.69 bits per heavy atom. The van der Waals surface area contributed by atoms with Gasteiger partial charge in [-0.05, 0) is 24.6 Å². The number of carbonyl (C=O) groups excluding carboxylic acids is 1. The van der Waals surface area contributed by atoms with Crippen molar-refractivity contribution < 1.29 is 9.90 Å². The molecule has 1 amide bonds. The maximum absolute atomic E-state index is 13.4. The molecule has 0 unspecified atom stereocenters. The first-order chi connectivity index (χ1) is 14.2. The number of aryl methyl sites for hydroxylation is 1. The quantitative estimate of drug-likeness (QED) is 0.728. The summed E-state index contributed by atoms with van der Waals surface area (Å²) >= 11 is 0. The molecule has 1 aliphatic heterocycles. The zero-order valence-corrected chi connectivity index (χ0v) is 16.7. The van der Waals surface area contributed by atoms with E-state index in [0.717, 1.165) is 35.6 Å². The van der Waals surface area contributed by atoms with Crippen LogP contribution in [-0.2, 0) is 0 Å². The molecule has 3 aromatic rings. The topological polar surface area (TPSA) is 61.6 Å². The van der Waals surface area contributed by atoms with Gasteiger partial charge in [0.05, 0.1) is 17.9 Å². The number of piperazine rings is 1. The maximum atomic E-state index is 13.4. The van der Waals surface area contributed by atoms with E-state index in [9.17, 15) is 4.79 Å². The van der Waals surface area contributed by atoms with E-state index in [1.807, 2.05) is 72.6 Å². The second kappa shape index (κ2) is 8.59. The van der Waals surface area contributed by atoms with E-state index < -0.39 is 0 Å². The average Bonchev–Trinajstić information content (AvgIpc) is 3.20. The van der Waals surface area contributed by atoms with E-state index in [0.29, 0.717) is 25.2 Å². The minimum absolute atomic E-state index is 0.00841. The predicted molar refractivity (Wildman–Crippen MR) is 113 cm³/mol. The van der Waals surface area contributed by atoms with Gasteiger partial charge >= 0.3 is 0 Å². The van der Waals surface area contributed by atoms with Crippen LogP contribution in [0.3, 0.4) is 0 Å². The van der Waals surface area contributed by atoms with Crippen molar-refractivity contribution >= 4 is 5.91 Å². The van der Waals surface area contributed by atoms with Crippen LogP contribution < -0.4 is 0 Å². The molecular formula is C23H26N4O2. The first-order valence-corrected chi connectivity index (χ1v) is 10.0. The molecule has 1 aliphatic rings. The van der Waals surface area contributed by atoms with Gasteiger partial charge in [0.2, 0.25) is 0 Å². The van der Waals surface area contributed by atoms with Crippen LogP contribution in [0, 0.1) is 6.92 Å². The van der Waals surface area contributed by atoms with Gasteiger partial charge in [0.15, 0.2) is 0 Å². The van der Waals surface area contributed by atoms with Crippen LogP contribution in [-0.4, -0.2) is 69.9 Å². The molecule has 4 rings (SSSR count). The Balaban J connectivity index is 1.69. The summed E-state index contributed by atoms with van der Waals surface area (Å²) in [5.74, 6) is 0.00841. The molecule has 0 atom stereocenters. The van der Waals surface area contributed by atoms with Gasteiger partial charge in [-0.3, -0.25) is 9.69 Å². The highest BCUT2D eigenvalue weighted by Crippen LogP contribution is 2.28. The Hall–Kier alpha value is -2.96. The first kappa shape index (κ1) is 19.4. The lowest BCUT2D eigenvalue weighted by Crippen LogP contribution is -2.49. The number of benzene rings is 2. The highest BCUT2D eigenvalue weighted by molar-refractivity contribution is 6.00. The van der Waals surface area contributed by atoms with Crippen molar-refractivity contribution in [3.05, 3.63) is 71.9 Å². The smallest absolute Gasteiger partial charge is 0.257 e. The summed E-state index contributed by atoms with van der Waals surface area (Å²) in [6, 6.07) is 17.9. The molecule has 1 aromatic heterocycles. The summed E-state index contributed by atoms with van der Waals surface area (Å²) < 4.78 is 1.79. The third-order valence-electron chi connectivity index (χ3n) is 5.44. The van der Waals surface area contributed by atoms with E-state index >= 15 is 0 Å². The lowest BCUT2D eigenvalue weighted by molar-refractivity contribution is 0.0615. The second-order valence-electron chi connectivity index (χ2n) is 7.34. The Bertz CT molecular complexity index is 976. The molecule has 0 saturated carbocycles. The van der Waals surface area contributed by atoms with Gasteiger partial charge in [-0.15, -0.1) is 0 Å². The van der Waals surface area contributed by atoms with Crippen LogP contribution in [0.5, 0.6) is 0 Å². The molecule has 0 spiro atoms. The number of hydrogen-bond acceptors (Lipinski definition) is 4. The van der Waals surface area contributed by atoms with Crippen LogP contribution in [0.2, 0.25) is 0 Å². The van der Waals surface area contributed by atoms with Crippen LogP contribution >= 0.6 is 0 Å². The standard InChI is InChI=1S/C23H26N4O2/c1-18-7-5-6-10-20(18)22-21(17-27(24-22)19-8-3-2-4-9-19)23(29)26-13-11-25(12-14-26)15-16-28/h2-10,17,28H,11-16H2,1H3. The van der Waals surface area contributed by atoms with Crippen molar-refractivity contribution in [1.82, 2.24) is 19.6 Å². The summed E-state index contributed by atoms with van der Waals surface area (Å²) in [5, 5.41) is 13.9. The molecule has 0 radical (unpaired) electrons. The number of amides is 1. The lowest BCUT2D eigenvalue weighted by Gasteiger charge is -2.34. The summed E-state index contributed by atoms with van der Waals surface area (Å²) in [5.41, 5.74) is 4.33. The third-order valence-corrected chi connectivity index (χ3v) is 5.44. The van der Waals surface area contributed by atoms with E-state index in [1.54, 1.807) is 4.68 Å². The maximum Gasteiger partial charge on any atom is 0.257 e. The molecule has 6 heteroatoms. The number of carbonyl (C=O) groups is 1. The monoisotopic (exact) mass is 390 g/mol. The van der Waals surface area contributed by atoms with Crippen molar-refractivity contribution in [2.75, 3.05) is 39.3 Å².